The number of ether oxygens (including phenoxy) is 1. The van der Waals surface area contributed by atoms with Crippen LogP contribution in [0.15, 0.2) is 23.1 Å². The van der Waals surface area contributed by atoms with Crippen LogP contribution in [0.4, 0.5) is 0 Å². The second-order valence-corrected chi connectivity index (χ2v) is 5.82. The van der Waals surface area contributed by atoms with Gasteiger partial charge in [0.15, 0.2) is 0 Å². The van der Waals surface area contributed by atoms with Crippen LogP contribution in [0.3, 0.4) is 0 Å². The Morgan fingerprint density at radius 3 is 2.69 bits per heavy atom. The molecule has 0 bridgehead atoms. The van der Waals surface area contributed by atoms with Crippen LogP contribution in [-0.4, -0.2) is 25.3 Å². The zero-order valence-electron chi connectivity index (χ0n) is 8.64. The summed E-state index contributed by atoms with van der Waals surface area (Å²) in [6.45, 7) is 0. The maximum atomic E-state index is 11.2. The molecular formula is C9H9ClN2O3S. The fraction of sp³-hybridized carbons (Fsp3) is 0.222. The minimum Gasteiger partial charge on any atom is -0.479 e. The summed E-state index contributed by atoms with van der Waals surface area (Å²) in [6, 6.07) is 4.52. The Bertz CT molecular complexity index is 648. The molecule has 0 fully saturated rings. The quantitative estimate of drug-likeness (QED) is 0.768. The number of hydrogen-bond acceptors (Lipinski definition) is 4. The van der Waals surface area contributed by atoms with E-state index in [1.807, 2.05) is 0 Å². The van der Waals surface area contributed by atoms with Crippen molar-refractivity contribution in [3.05, 3.63) is 18.2 Å². The van der Waals surface area contributed by atoms with Gasteiger partial charge in [-0.2, -0.15) is 0 Å². The van der Waals surface area contributed by atoms with Crippen molar-refractivity contribution in [3.8, 4) is 5.88 Å². The van der Waals surface area contributed by atoms with E-state index in [-0.39, 0.29) is 4.90 Å². The lowest BCUT2D eigenvalue weighted by Gasteiger charge is -1.98. The van der Waals surface area contributed by atoms with Crippen molar-refractivity contribution < 1.29 is 13.2 Å². The molecule has 0 amide bonds. The Balaban J connectivity index is 2.79. The molecule has 86 valence electrons. The third-order valence-corrected chi connectivity index (χ3v) is 3.61. The van der Waals surface area contributed by atoms with E-state index in [1.165, 1.54) is 19.2 Å². The van der Waals surface area contributed by atoms with Crippen LogP contribution in [0.5, 0.6) is 5.88 Å². The summed E-state index contributed by atoms with van der Waals surface area (Å²) in [5.74, 6) is 0.375. The van der Waals surface area contributed by atoms with Crippen LogP contribution in [0.25, 0.3) is 10.9 Å². The van der Waals surface area contributed by atoms with Gasteiger partial charge in [0.05, 0.1) is 22.9 Å². The molecule has 16 heavy (non-hydrogen) atoms. The van der Waals surface area contributed by atoms with Gasteiger partial charge in [0.25, 0.3) is 9.05 Å². The summed E-state index contributed by atoms with van der Waals surface area (Å²) >= 11 is 0. The van der Waals surface area contributed by atoms with Crippen molar-refractivity contribution in [1.29, 1.82) is 0 Å². The lowest BCUT2D eigenvalue weighted by molar-refractivity contribution is 0.396. The molecule has 0 radical (unpaired) electrons. The summed E-state index contributed by atoms with van der Waals surface area (Å²) in [7, 11) is 4.76. The zero-order chi connectivity index (χ0) is 11.9. The number of nitrogens with zero attached hydrogens (tertiary/aromatic N) is 2. The number of rotatable bonds is 2. The van der Waals surface area contributed by atoms with Crippen molar-refractivity contribution in [2.75, 3.05) is 7.11 Å². The molecule has 2 aromatic rings. The number of hydrogen-bond donors (Lipinski definition) is 0. The zero-order valence-corrected chi connectivity index (χ0v) is 10.2. The monoisotopic (exact) mass is 260 g/mol. The fourth-order valence-electron chi connectivity index (χ4n) is 1.52. The highest BCUT2D eigenvalue weighted by Gasteiger charge is 2.15. The van der Waals surface area contributed by atoms with Gasteiger partial charge in [-0.25, -0.2) is 8.42 Å². The number of fused-ring (bicyclic) bond motifs is 1. The largest absolute Gasteiger partial charge is 0.479 e. The van der Waals surface area contributed by atoms with E-state index in [4.69, 9.17) is 15.4 Å². The predicted molar refractivity (Wildman–Crippen MR) is 60.3 cm³/mol. The van der Waals surface area contributed by atoms with Crippen LogP contribution in [0.1, 0.15) is 0 Å². The van der Waals surface area contributed by atoms with Gasteiger partial charge in [-0.15, -0.1) is 5.10 Å². The molecule has 0 unspecified atom stereocenters. The molecule has 0 saturated carbocycles. The Morgan fingerprint density at radius 1 is 1.44 bits per heavy atom. The first-order chi connectivity index (χ1) is 7.43. The smallest absolute Gasteiger partial charge is 0.261 e. The van der Waals surface area contributed by atoms with Gasteiger partial charge < -0.3 is 4.74 Å². The van der Waals surface area contributed by atoms with Crippen molar-refractivity contribution in [2.45, 2.75) is 4.90 Å². The fourth-order valence-corrected chi connectivity index (χ4v) is 2.29. The minimum atomic E-state index is -3.73. The molecule has 2 rings (SSSR count). The minimum absolute atomic E-state index is 0.0352. The van der Waals surface area contributed by atoms with Crippen molar-refractivity contribution in [1.82, 2.24) is 9.78 Å². The van der Waals surface area contributed by atoms with Gasteiger partial charge in [0.1, 0.15) is 0 Å². The first kappa shape index (κ1) is 11.2. The van der Waals surface area contributed by atoms with Gasteiger partial charge in [-0.3, -0.25) is 4.68 Å². The average Bonchev–Trinajstić information content (AvgIpc) is 2.54. The molecule has 1 aromatic carbocycles. The molecule has 1 heterocycles. The lowest BCUT2D eigenvalue weighted by Crippen LogP contribution is -1.91. The maximum Gasteiger partial charge on any atom is 0.261 e. The summed E-state index contributed by atoms with van der Waals surface area (Å²) in [4.78, 5) is 0.0352. The Kier molecular flexibility index (Phi) is 2.55. The highest BCUT2D eigenvalue weighted by atomic mass is 35.7. The number of aryl methyl sites for hydroxylation is 1. The van der Waals surface area contributed by atoms with Crippen molar-refractivity contribution in [2.24, 2.45) is 7.05 Å². The van der Waals surface area contributed by atoms with E-state index in [2.05, 4.69) is 5.10 Å². The molecule has 1 aromatic heterocycles. The van der Waals surface area contributed by atoms with Gasteiger partial charge in [-0.05, 0) is 18.2 Å². The van der Waals surface area contributed by atoms with Crippen molar-refractivity contribution >= 4 is 30.6 Å². The molecule has 0 spiro atoms. The number of methoxy groups -OCH3 is 1. The second kappa shape index (κ2) is 3.64. The Labute approximate surface area is 97.0 Å². The first-order valence-corrected chi connectivity index (χ1v) is 6.70. The normalized spacial score (nSPS) is 11.9. The van der Waals surface area contributed by atoms with Crippen LogP contribution in [0.2, 0.25) is 0 Å². The van der Waals surface area contributed by atoms with Gasteiger partial charge in [-0.1, -0.05) is 0 Å². The van der Waals surface area contributed by atoms with E-state index in [0.29, 0.717) is 11.3 Å². The molecule has 7 heteroatoms. The number of halogens is 1. The van der Waals surface area contributed by atoms with Gasteiger partial charge in [0, 0.05) is 17.7 Å². The van der Waals surface area contributed by atoms with E-state index >= 15 is 0 Å². The van der Waals surface area contributed by atoms with Crippen LogP contribution in [0, 0.1) is 0 Å². The average molecular weight is 261 g/mol. The van der Waals surface area contributed by atoms with E-state index in [9.17, 15) is 8.42 Å². The van der Waals surface area contributed by atoms with E-state index < -0.39 is 9.05 Å². The molecule has 0 N–H and O–H groups in total. The van der Waals surface area contributed by atoms with E-state index in [1.54, 1.807) is 17.8 Å². The SMILES string of the molecule is COc1nn(C)c2ccc(S(=O)(=O)Cl)cc12. The Morgan fingerprint density at radius 2 is 2.12 bits per heavy atom. The summed E-state index contributed by atoms with van der Waals surface area (Å²) in [6.07, 6.45) is 0. The van der Waals surface area contributed by atoms with Crippen molar-refractivity contribution in [3.63, 3.8) is 0 Å². The highest BCUT2D eigenvalue weighted by Crippen LogP contribution is 2.27. The molecule has 0 saturated heterocycles. The van der Waals surface area contributed by atoms with Crippen LogP contribution >= 0.6 is 10.7 Å². The molecule has 5 nitrogen and oxygen atoms in total. The summed E-state index contributed by atoms with van der Waals surface area (Å²) < 4.78 is 29.0. The standard InChI is InChI=1S/C9H9ClN2O3S/c1-12-8-4-3-6(16(10,13)14)5-7(8)9(11-12)15-2/h3-5H,1-2H3. The topological polar surface area (TPSA) is 61.2 Å². The van der Waals surface area contributed by atoms with Gasteiger partial charge >= 0.3 is 0 Å². The predicted octanol–water partition coefficient (Wildman–Crippen LogP) is 1.51. The van der Waals surface area contributed by atoms with Crippen LogP contribution < -0.4 is 4.74 Å². The lowest BCUT2D eigenvalue weighted by atomic mass is 10.2. The number of aromatic nitrogens is 2. The number of benzene rings is 1. The molecule has 0 aliphatic rings. The third kappa shape index (κ3) is 1.74. The first-order valence-electron chi connectivity index (χ1n) is 4.39. The van der Waals surface area contributed by atoms with E-state index in [0.717, 1.165) is 5.52 Å². The summed E-state index contributed by atoms with van der Waals surface area (Å²) in [5, 5.41) is 4.71. The molecular weight excluding hydrogens is 252 g/mol. The molecule has 0 aliphatic carbocycles. The Hall–Kier alpha value is -1.27. The maximum absolute atomic E-state index is 11.2. The molecule has 0 aliphatic heterocycles. The van der Waals surface area contributed by atoms with Gasteiger partial charge in [0.2, 0.25) is 5.88 Å². The second-order valence-electron chi connectivity index (χ2n) is 3.25. The third-order valence-electron chi connectivity index (χ3n) is 2.26. The molecule has 0 atom stereocenters. The highest BCUT2D eigenvalue weighted by molar-refractivity contribution is 8.13. The van der Waals surface area contributed by atoms with Crippen LogP contribution in [-0.2, 0) is 16.1 Å². The summed E-state index contributed by atoms with van der Waals surface area (Å²) in [5.41, 5.74) is 0.779.